The van der Waals surface area contributed by atoms with Gasteiger partial charge < -0.3 is 14.8 Å². The highest BCUT2D eigenvalue weighted by Crippen LogP contribution is 2.25. The summed E-state index contributed by atoms with van der Waals surface area (Å²) in [5.41, 5.74) is -0.255. The van der Waals surface area contributed by atoms with Crippen molar-refractivity contribution < 1.29 is 27.8 Å². The molecule has 0 aliphatic rings. The first kappa shape index (κ1) is 20.6. The lowest BCUT2D eigenvalue weighted by Gasteiger charge is -2.27. The van der Waals surface area contributed by atoms with Gasteiger partial charge in [0.25, 0.3) is 5.92 Å². The van der Waals surface area contributed by atoms with Crippen LogP contribution in [0.15, 0.2) is 43.0 Å². The molecular weight excluding hydrogens is 332 g/mol. The molecule has 1 rings (SSSR count). The molecule has 0 spiro atoms. The molecule has 0 saturated heterocycles. The lowest BCUT2D eigenvalue weighted by molar-refractivity contribution is -0.158. The Morgan fingerprint density at radius 3 is 2.36 bits per heavy atom. The van der Waals surface area contributed by atoms with Crippen LogP contribution in [0.1, 0.15) is 32.8 Å². The second-order valence-corrected chi connectivity index (χ2v) is 6.43. The van der Waals surface area contributed by atoms with Crippen molar-refractivity contribution in [3.8, 4) is 0 Å². The van der Waals surface area contributed by atoms with E-state index >= 15 is 0 Å². The first-order valence-corrected chi connectivity index (χ1v) is 7.74. The SMILES string of the molecule is C=CCC(F)(F)[C@H](NC(=O)OC(C)(C)C)C(=O)OCc1ccccc1. The van der Waals surface area contributed by atoms with Gasteiger partial charge in [-0.2, -0.15) is 0 Å². The summed E-state index contributed by atoms with van der Waals surface area (Å²) in [6.07, 6.45) is -0.958. The van der Waals surface area contributed by atoms with E-state index in [0.29, 0.717) is 5.56 Å². The van der Waals surface area contributed by atoms with E-state index in [0.717, 1.165) is 6.08 Å². The maximum Gasteiger partial charge on any atom is 0.408 e. The Morgan fingerprint density at radius 1 is 1.24 bits per heavy atom. The molecule has 0 radical (unpaired) electrons. The monoisotopic (exact) mass is 355 g/mol. The molecule has 1 aromatic carbocycles. The summed E-state index contributed by atoms with van der Waals surface area (Å²) in [7, 11) is 0. The largest absolute Gasteiger partial charge is 0.459 e. The minimum absolute atomic E-state index is 0.184. The van der Waals surface area contributed by atoms with Gasteiger partial charge in [0.2, 0.25) is 0 Å². The second-order valence-electron chi connectivity index (χ2n) is 6.43. The molecule has 0 unspecified atom stereocenters. The number of alkyl halides is 2. The van der Waals surface area contributed by atoms with Crippen LogP contribution in [0.25, 0.3) is 0 Å². The highest BCUT2D eigenvalue weighted by molar-refractivity contribution is 5.82. The van der Waals surface area contributed by atoms with Crippen molar-refractivity contribution in [2.45, 2.75) is 51.4 Å². The standard InChI is InChI=1S/C18H23F2NO4/c1-5-11-18(19,20)14(21-16(23)25-17(2,3)4)15(22)24-12-13-9-7-6-8-10-13/h5-10,14H,1,11-12H2,2-4H3,(H,21,23)/t14-/m1/s1. The molecule has 7 heteroatoms. The number of hydrogen-bond donors (Lipinski definition) is 1. The fourth-order valence-corrected chi connectivity index (χ4v) is 1.88. The molecule has 0 bridgehead atoms. The molecule has 0 heterocycles. The number of esters is 1. The number of nitrogens with one attached hydrogen (secondary N) is 1. The minimum atomic E-state index is -3.56. The number of hydrogen-bond acceptors (Lipinski definition) is 4. The lowest BCUT2D eigenvalue weighted by atomic mass is 10.1. The number of carbonyl (C=O) groups is 2. The van der Waals surface area contributed by atoms with Crippen molar-refractivity contribution in [3.05, 3.63) is 48.6 Å². The third-order valence-corrected chi connectivity index (χ3v) is 2.96. The lowest BCUT2D eigenvalue weighted by Crippen LogP contribution is -2.54. The molecule has 1 aromatic rings. The molecule has 0 saturated carbocycles. The molecule has 0 aromatic heterocycles. The average Bonchev–Trinajstić information content (AvgIpc) is 2.49. The van der Waals surface area contributed by atoms with E-state index in [1.54, 1.807) is 51.1 Å². The number of rotatable bonds is 7. The van der Waals surface area contributed by atoms with Crippen LogP contribution < -0.4 is 5.32 Å². The van der Waals surface area contributed by atoms with Crippen LogP contribution in [0.2, 0.25) is 0 Å². The summed E-state index contributed by atoms with van der Waals surface area (Å²) < 4.78 is 38.3. The zero-order valence-electron chi connectivity index (χ0n) is 14.6. The van der Waals surface area contributed by atoms with Gasteiger partial charge in [-0.3, -0.25) is 0 Å². The van der Waals surface area contributed by atoms with Gasteiger partial charge in [-0.1, -0.05) is 36.4 Å². The summed E-state index contributed by atoms with van der Waals surface area (Å²) in [5.74, 6) is -4.81. The Labute approximate surface area is 146 Å². The number of carbonyl (C=O) groups excluding carboxylic acids is 2. The first-order chi connectivity index (χ1) is 11.5. The fourth-order valence-electron chi connectivity index (χ4n) is 1.88. The molecule has 1 N–H and O–H groups in total. The van der Waals surface area contributed by atoms with Crippen molar-refractivity contribution in [2.24, 2.45) is 0 Å². The normalized spacial score (nSPS) is 12.8. The predicted molar refractivity (Wildman–Crippen MR) is 89.2 cm³/mol. The third kappa shape index (κ3) is 7.32. The van der Waals surface area contributed by atoms with E-state index in [9.17, 15) is 18.4 Å². The summed E-state index contributed by atoms with van der Waals surface area (Å²) >= 11 is 0. The number of ether oxygens (including phenoxy) is 2. The van der Waals surface area contributed by atoms with Gasteiger partial charge in [0.1, 0.15) is 12.2 Å². The van der Waals surface area contributed by atoms with E-state index < -0.39 is 36.0 Å². The number of allylic oxidation sites excluding steroid dienone is 1. The third-order valence-electron chi connectivity index (χ3n) is 2.96. The molecule has 1 atom stereocenters. The highest BCUT2D eigenvalue weighted by Gasteiger charge is 2.46. The predicted octanol–water partition coefficient (Wildman–Crippen LogP) is 3.83. The van der Waals surface area contributed by atoms with E-state index in [4.69, 9.17) is 9.47 Å². The summed E-state index contributed by atoms with van der Waals surface area (Å²) in [6, 6.07) is 6.43. The van der Waals surface area contributed by atoms with Crippen LogP contribution in [-0.4, -0.2) is 29.6 Å². The van der Waals surface area contributed by atoms with Gasteiger partial charge in [-0.15, -0.1) is 6.58 Å². The molecule has 0 aliphatic carbocycles. The zero-order chi connectivity index (χ0) is 19.1. The summed E-state index contributed by atoms with van der Waals surface area (Å²) in [5, 5.41) is 1.90. The molecule has 1 amide bonds. The maximum absolute atomic E-state index is 14.2. The Morgan fingerprint density at radius 2 is 1.84 bits per heavy atom. The zero-order valence-corrected chi connectivity index (χ0v) is 14.6. The number of amides is 1. The van der Waals surface area contributed by atoms with Crippen molar-refractivity contribution in [2.75, 3.05) is 0 Å². The molecule has 0 aliphatic heterocycles. The molecule has 0 fully saturated rings. The second kappa shape index (κ2) is 8.60. The van der Waals surface area contributed by atoms with E-state index in [2.05, 4.69) is 6.58 Å². The van der Waals surface area contributed by atoms with Crippen molar-refractivity contribution in [1.82, 2.24) is 5.32 Å². The number of alkyl carbamates (subject to hydrolysis) is 1. The van der Waals surface area contributed by atoms with E-state index in [-0.39, 0.29) is 6.61 Å². The Kier molecular flexibility index (Phi) is 7.09. The Balaban J connectivity index is 2.84. The van der Waals surface area contributed by atoms with Crippen LogP contribution in [0.5, 0.6) is 0 Å². The van der Waals surface area contributed by atoms with Crippen LogP contribution in [0.3, 0.4) is 0 Å². The minimum Gasteiger partial charge on any atom is -0.459 e. The van der Waals surface area contributed by atoms with Crippen LogP contribution in [0, 0.1) is 0 Å². The fraction of sp³-hybridized carbons (Fsp3) is 0.444. The Hall–Kier alpha value is -2.44. The molecule has 25 heavy (non-hydrogen) atoms. The van der Waals surface area contributed by atoms with Gasteiger partial charge in [0, 0.05) is 6.42 Å². The van der Waals surface area contributed by atoms with E-state index in [1.165, 1.54) is 0 Å². The number of halogens is 2. The van der Waals surface area contributed by atoms with Crippen molar-refractivity contribution in [1.29, 1.82) is 0 Å². The Bertz CT molecular complexity index is 597. The van der Waals surface area contributed by atoms with Crippen LogP contribution in [0.4, 0.5) is 13.6 Å². The highest BCUT2D eigenvalue weighted by atomic mass is 19.3. The smallest absolute Gasteiger partial charge is 0.408 e. The van der Waals surface area contributed by atoms with Gasteiger partial charge in [-0.25, -0.2) is 18.4 Å². The quantitative estimate of drug-likeness (QED) is 0.596. The van der Waals surface area contributed by atoms with Gasteiger partial charge >= 0.3 is 12.1 Å². The average molecular weight is 355 g/mol. The topological polar surface area (TPSA) is 64.6 Å². The van der Waals surface area contributed by atoms with Crippen molar-refractivity contribution in [3.63, 3.8) is 0 Å². The molecule has 138 valence electrons. The molecule has 5 nitrogen and oxygen atoms in total. The van der Waals surface area contributed by atoms with Gasteiger partial charge in [0.15, 0.2) is 6.04 Å². The number of benzene rings is 1. The van der Waals surface area contributed by atoms with Crippen molar-refractivity contribution >= 4 is 12.1 Å². The van der Waals surface area contributed by atoms with Gasteiger partial charge in [0.05, 0.1) is 0 Å². The summed E-state index contributed by atoms with van der Waals surface area (Å²) in [6.45, 7) is 7.80. The maximum atomic E-state index is 14.2. The van der Waals surface area contributed by atoms with Crippen LogP contribution >= 0.6 is 0 Å². The molecular formula is C18H23F2NO4. The summed E-state index contributed by atoms with van der Waals surface area (Å²) in [4.78, 5) is 23.9. The van der Waals surface area contributed by atoms with Crippen LogP contribution in [-0.2, 0) is 20.9 Å². The van der Waals surface area contributed by atoms with Gasteiger partial charge in [-0.05, 0) is 26.3 Å². The first-order valence-electron chi connectivity index (χ1n) is 7.74. The van der Waals surface area contributed by atoms with E-state index in [1.807, 2.05) is 5.32 Å².